The van der Waals surface area contributed by atoms with Crippen molar-refractivity contribution in [2.75, 3.05) is 26.2 Å². The van der Waals surface area contributed by atoms with Crippen molar-refractivity contribution < 1.29 is 9.59 Å². The zero-order valence-electron chi connectivity index (χ0n) is 14.8. The van der Waals surface area contributed by atoms with Crippen LogP contribution in [-0.2, 0) is 4.79 Å². The van der Waals surface area contributed by atoms with Crippen LogP contribution in [0.5, 0.6) is 0 Å². The fraction of sp³-hybridized carbons (Fsp3) is 0.588. The van der Waals surface area contributed by atoms with Gasteiger partial charge in [-0.15, -0.1) is 24.8 Å². The molecule has 2 amide bonds. The Morgan fingerprint density at radius 3 is 2.73 bits per heavy atom. The minimum atomic E-state index is -0.238. The lowest BCUT2D eigenvalue weighted by molar-refractivity contribution is -0.129. The van der Waals surface area contributed by atoms with Crippen molar-refractivity contribution in [2.24, 2.45) is 0 Å². The van der Waals surface area contributed by atoms with Crippen LogP contribution >= 0.6 is 36.6 Å². The number of rotatable bonds is 5. The molecule has 3 heterocycles. The summed E-state index contributed by atoms with van der Waals surface area (Å²) in [7, 11) is 0. The molecule has 2 unspecified atom stereocenters. The van der Waals surface area contributed by atoms with E-state index < -0.39 is 0 Å². The number of carbonyl (C=O) groups excluding carboxylic acids is 2. The summed E-state index contributed by atoms with van der Waals surface area (Å²) >= 11 is 1.37. The number of halogens is 2. The molecule has 146 valence electrons. The van der Waals surface area contributed by atoms with E-state index in [4.69, 9.17) is 0 Å². The van der Waals surface area contributed by atoms with Gasteiger partial charge in [0.05, 0.1) is 10.8 Å². The van der Waals surface area contributed by atoms with Gasteiger partial charge in [0.15, 0.2) is 0 Å². The number of likely N-dealkylation sites (tertiary alicyclic amines) is 1. The second-order valence-corrected chi connectivity index (χ2v) is 7.64. The Morgan fingerprint density at radius 1 is 1.35 bits per heavy atom. The van der Waals surface area contributed by atoms with Crippen molar-refractivity contribution in [3.05, 3.63) is 23.9 Å². The first-order valence-corrected chi connectivity index (χ1v) is 9.45. The normalized spacial score (nSPS) is 20.0. The van der Waals surface area contributed by atoms with E-state index in [1.165, 1.54) is 11.8 Å². The van der Waals surface area contributed by atoms with Gasteiger partial charge in [0.25, 0.3) is 5.91 Å². The predicted molar refractivity (Wildman–Crippen MR) is 109 cm³/mol. The largest absolute Gasteiger partial charge is 0.348 e. The van der Waals surface area contributed by atoms with E-state index in [0.29, 0.717) is 10.6 Å². The van der Waals surface area contributed by atoms with Crippen molar-refractivity contribution in [1.82, 2.24) is 20.5 Å². The Labute approximate surface area is 171 Å². The van der Waals surface area contributed by atoms with E-state index in [9.17, 15) is 9.59 Å². The molecule has 0 bridgehead atoms. The highest BCUT2D eigenvalue weighted by Crippen LogP contribution is 2.27. The summed E-state index contributed by atoms with van der Waals surface area (Å²) in [6.45, 7) is 5.31. The molecule has 2 aliphatic rings. The van der Waals surface area contributed by atoms with E-state index in [2.05, 4.69) is 15.6 Å². The molecule has 2 aliphatic heterocycles. The highest BCUT2D eigenvalue weighted by Gasteiger charge is 2.26. The van der Waals surface area contributed by atoms with Crippen molar-refractivity contribution in [2.45, 2.75) is 42.5 Å². The molecule has 0 saturated carbocycles. The van der Waals surface area contributed by atoms with Gasteiger partial charge in [-0.05, 0) is 44.9 Å². The van der Waals surface area contributed by atoms with Crippen LogP contribution < -0.4 is 10.6 Å². The molecule has 1 aromatic heterocycles. The van der Waals surface area contributed by atoms with Crippen LogP contribution in [0, 0.1) is 0 Å². The molecule has 0 radical (unpaired) electrons. The number of nitrogens with zero attached hydrogens (tertiary/aromatic N) is 2. The minimum Gasteiger partial charge on any atom is -0.348 e. The van der Waals surface area contributed by atoms with Crippen molar-refractivity contribution in [3.63, 3.8) is 0 Å². The molecule has 3 rings (SSSR count). The van der Waals surface area contributed by atoms with Gasteiger partial charge in [-0.1, -0.05) is 11.8 Å². The molecule has 1 aromatic rings. The first kappa shape index (κ1) is 23.0. The van der Waals surface area contributed by atoms with Gasteiger partial charge in [0, 0.05) is 31.9 Å². The second kappa shape index (κ2) is 11.0. The van der Waals surface area contributed by atoms with Gasteiger partial charge < -0.3 is 15.5 Å². The zero-order valence-corrected chi connectivity index (χ0v) is 17.2. The number of aromatic nitrogens is 1. The topological polar surface area (TPSA) is 74.3 Å². The van der Waals surface area contributed by atoms with Crippen molar-refractivity contribution in [1.29, 1.82) is 0 Å². The maximum Gasteiger partial charge on any atom is 0.254 e. The molecule has 9 heteroatoms. The highest BCUT2D eigenvalue weighted by atomic mass is 35.5. The SMILES string of the molecule is CC(Sc1ncccc1C(=O)NC1CCNC1)C(=O)N1CCCC1.Cl.Cl. The summed E-state index contributed by atoms with van der Waals surface area (Å²) in [5, 5.41) is 6.67. The molecule has 2 fully saturated rings. The average molecular weight is 421 g/mol. The molecule has 0 aliphatic carbocycles. The first-order chi connectivity index (χ1) is 11.6. The Balaban J connectivity index is 0.00000169. The van der Waals surface area contributed by atoms with E-state index in [1.54, 1.807) is 18.3 Å². The van der Waals surface area contributed by atoms with Crippen molar-refractivity contribution >= 4 is 48.4 Å². The molecule has 2 N–H and O–H groups in total. The molecule has 26 heavy (non-hydrogen) atoms. The minimum absolute atomic E-state index is 0. The van der Waals surface area contributed by atoms with Gasteiger partial charge in [0.2, 0.25) is 5.91 Å². The smallest absolute Gasteiger partial charge is 0.254 e. The third kappa shape index (κ3) is 5.74. The summed E-state index contributed by atoms with van der Waals surface area (Å²) in [6, 6.07) is 3.71. The number of carbonyl (C=O) groups is 2. The molecule has 6 nitrogen and oxygen atoms in total. The average Bonchev–Trinajstić information content (AvgIpc) is 3.28. The maximum absolute atomic E-state index is 12.5. The fourth-order valence-corrected chi connectivity index (χ4v) is 4.11. The first-order valence-electron chi connectivity index (χ1n) is 8.57. The summed E-state index contributed by atoms with van der Waals surface area (Å²) < 4.78 is 0. The number of pyridine rings is 1. The van der Waals surface area contributed by atoms with Crippen LogP contribution in [0.25, 0.3) is 0 Å². The lowest BCUT2D eigenvalue weighted by Gasteiger charge is -2.20. The molecular formula is C17H26Cl2N4O2S. The third-order valence-corrected chi connectivity index (χ3v) is 5.57. The van der Waals surface area contributed by atoms with Gasteiger partial charge in [-0.25, -0.2) is 4.98 Å². The number of nitrogens with one attached hydrogen (secondary N) is 2. The Kier molecular flexibility index (Phi) is 9.71. The summed E-state index contributed by atoms with van der Waals surface area (Å²) in [5.74, 6) is 0.0228. The zero-order chi connectivity index (χ0) is 16.9. The van der Waals surface area contributed by atoms with E-state index >= 15 is 0 Å². The van der Waals surface area contributed by atoms with Crippen LogP contribution in [0.3, 0.4) is 0 Å². The third-order valence-electron chi connectivity index (χ3n) is 4.47. The summed E-state index contributed by atoms with van der Waals surface area (Å²) in [6.07, 6.45) is 4.77. The number of amides is 2. The van der Waals surface area contributed by atoms with E-state index in [1.807, 2.05) is 11.8 Å². The molecule has 2 saturated heterocycles. The van der Waals surface area contributed by atoms with Gasteiger partial charge >= 0.3 is 0 Å². The van der Waals surface area contributed by atoms with Crippen molar-refractivity contribution in [3.8, 4) is 0 Å². The Bertz CT molecular complexity index is 608. The molecule has 0 aromatic carbocycles. The number of hydrogen-bond acceptors (Lipinski definition) is 5. The number of thioether (sulfide) groups is 1. The van der Waals surface area contributed by atoms with Crippen LogP contribution in [0.1, 0.15) is 36.5 Å². The molecular weight excluding hydrogens is 395 g/mol. The van der Waals surface area contributed by atoms with E-state index in [-0.39, 0.29) is 47.9 Å². The Morgan fingerprint density at radius 2 is 2.08 bits per heavy atom. The summed E-state index contributed by atoms with van der Waals surface area (Å²) in [4.78, 5) is 31.3. The van der Waals surface area contributed by atoms with Gasteiger partial charge in [0.1, 0.15) is 5.03 Å². The lowest BCUT2D eigenvalue weighted by atomic mass is 10.2. The second-order valence-electron chi connectivity index (χ2n) is 6.31. The maximum atomic E-state index is 12.5. The van der Waals surface area contributed by atoms with Gasteiger partial charge in [-0.3, -0.25) is 9.59 Å². The quantitative estimate of drug-likeness (QED) is 0.713. The number of hydrogen-bond donors (Lipinski definition) is 2. The van der Waals surface area contributed by atoms with Crippen LogP contribution in [-0.4, -0.2) is 59.2 Å². The summed E-state index contributed by atoms with van der Waals surface area (Å²) in [5.41, 5.74) is 0.551. The van der Waals surface area contributed by atoms with Crippen LogP contribution in [0.15, 0.2) is 23.4 Å². The molecule has 0 spiro atoms. The predicted octanol–water partition coefficient (Wildman–Crippen LogP) is 2.12. The molecule has 2 atom stereocenters. The fourth-order valence-electron chi connectivity index (χ4n) is 3.11. The highest BCUT2D eigenvalue weighted by molar-refractivity contribution is 8.00. The standard InChI is InChI=1S/C17H24N4O2S.2ClH/c1-12(17(23)21-9-2-3-10-21)24-16-14(5-4-7-19-16)15(22)20-13-6-8-18-11-13;;/h4-5,7,12-13,18H,2-3,6,8-11H2,1H3,(H,20,22);2*1H. The van der Waals surface area contributed by atoms with E-state index in [0.717, 1.165) is 45.4 Å². The Hall–Kier alpha value is -1.02. The van der Waals surface area contributed by atoms with Crippen LogP contribution in [0.4, 0.5) is 0 Å². The lowest BCUT2D eigenvalue weighted by Crippen LogP contribution is -2.37. The van der Waals surface area contributed by atoms with Crippen LogP contribution in [0.2, 0.25) is 0 Å². The monoisotopic (exact) mass is 420 g/mol. The van der Waals surface area contributed by atoms with Gasteiger partial charge in [-0.2, -0.15) is 0 Å².